The fraction of sp³-hybridized carbons (Fsp3) is 0.345. The first-order valence-electron chi connectivity index (χ1n) is 12.4. The van der Waals surface area contributed by atoms with Gasteiger partial charge in [-0.25, -0.2) is 0 Å². The number of anilines is 1. The Balaban J connectivity index is 1.41. The van der Waals surface area contributed by atoms with Crippen molar-refractivity contribution >= 4 is 34.2 Å². The summed E-state index contributed by atoms with van der Waals surface area (Å²) in [5, 5.41) is 4.99. The first kappa shape index (κ1) is 23.1. The number of nitrogens with zero attached hydrogens (tertiary/aromatic N) is 2. The molecule has 1 saturated carbocycles. The molecule has 1 aliphatic carbocycles. The molecule has 0 unspecified atom stereocenters. The zero-order valence-corrected chi connectivity index (χ0v) is 20.3. The molecule has 2 aliphatic rings. The van der Waals surface area contributed by atoms with Crippen molar-refractivity contribution in [3.63, 3.8) is 0 Å². The third kappa shape index (κ3) is 4.53. The van der Waals surface area contributed by atoms with E-state index < -0.39 is 6.04 Å². The van der Waals surface area contributed by atoms with Crippen LogP contribution in [0, 0.1) is 6.92 Å². The van der Waals surface area contributed by atoms with Gasteiger partial charge in [-0.15, -0.1) is 0 Å². The van der Waals surface area contributed by atoms with E-state index in [2.05, 4.69) is 5.32 Å². The molecular formula is C29H31N3O3. The minimum absolute atomic E-state index is 0.112. The number of carbonyl (C=O) groups is 3. The largest absolute Gasteiger partial charge is 0.352 e. The van der Waals surface area contributed by atoms with Gasteiger partial charge in [0.25, 0.3) is 5.91 Å². The summed E-state index contributed by atoms with van der Waals surface area (Å²) in [6.45, 7) is 3.98. The highest BCUT2D eigenvalue weighted by molar-refractivity contribution is 6.26. The van der Waals surface area contributed by atoms with Crippen LogP contribution in [0.2, 0.25) is 0 Å². The van der Waals surface area contributed by atoms with Gasteiger partial charge in [0.1, 0.15) is 12.6 Å². The second-order valence-corrected chi connectivity index (χ2v) is 9.75. The fourth-order valence-corrected chi connectivity index (χ4v) is 5.34. The van der Waals surface area contributed by atoms with Crippen molar-refractivity contribution in [2.45, 2.75) is 58.2 Å². The van der Waals surface area contributed by atoms with Crippen molar-refractivity contribution in [1.82, 2.24) is 10.2 Å². The fourth-order valence-electron chi connectivity index (χ4n) is 5.34. The van der Waals surface area contributed by atoms with Gasteiger partial charge in [0.2, 0.25) is 11.8 Å². The zero-order chi connectivity index (χ0) is 24.5. The summed E-state index contributed by atoms with van der Waals surface area (Å²) in [5.74, 6) is -0.571. The number of aryl methyl sites for hydroxylation is 1. The molecule has 3 amide bonds. The second kappa shape index (κ2) is 9.53. The van der Waals surface area contributed by atoms with Crippen molar-refractivity contribution < 1.29 is 14.4 Å². The average Bonchev–Trinajstić information content (AvgIpc) is 3.46. The quantitative estimate of drug-likeness (QED) is 0.551. The maximum atomic E-state index is 13.7. The molecule has 1 atom stereocenters. The lowest BCUT2D eigenvalue weighted by Gasteiger charge is -2.31. The predicted molar refractivity (Wildman–Crippen MR) is 137 cm³/mol. The van der Waals surface area contributed by atoms with Crippen LogP contribution in [0.15, 0.2) is 60.7 Å². The molecule has 1 aliphatic heterocycles. The molecule has 1 heterocycles. The Morgan fingerprint density at radius 2 is 1.77 bits per heavy atom. The van der Waals surface area contributed by atoms with Gasteiger partial charge < -0.3 is 10.2 Å². The van der Waals surface area contributed by atoms with Gasteiger partial charge in [-0.05, 0) is 49.8 Å². The molecule has 1 N–H and O–H groups in total. The summed E-state index contributed by atoms with van der Waals surface area (Å²) in [6, 6.07) is 18.9. The van der Waals surface area contributed by atoms with E-state index in [4.69, 9.17) is 0 Å². The second-order valence-electron chi connectivity index (χ2n) is 9.75. The van der Waals surface area contributed by atoms with Crippen LogP contribution in [0.25, 0.3) is 10.8 Å². The van der Waals surface area contributed by atoms with Gasteiger partial charge in [0.05, 0.1) is 5.69 Å². The average molecular weight is 470 g/mol. The van der Waals surface area contributed by atoms with Crippen LogP contribution in [0.1, 0.15) is 54.1 Å². The van der Waals surface area contributed by atoms with E-state index in [1.165, 1.54) is 0 Å². The topological polar surface area (TPSA) is 69.7 Å². The maximum Gasteiger partial charge on any atom is 0.259 e. The molecule has 0 spiro atoms. The van der Waals surface area contributed by atoms with Crippen LogP contribution >= 0.6 is 0 Å². The minimum atomic E-state index is -0.653. The van der Waals surface area contributed by atoms with Crippen LogP contribution in [0.5, 0.6) is 0 Å². The van der Waals surface area contributed by atoms with E-state index >= 15 is 0 Å². The Morgan fingerprint density at radius 3 is 2.51 bits per heavy atom. The highest BCUT2D eigenvalue weighted by atomic mass is 16.2. The highest BCUT2D eigenvalue weighted by Gasteiger charge is 2.34. The third-order valence-corrected chi connectivity index (χ3v) is 7.25. The van der Waals surface area contributed by atoms with E-state index in [0.717, 1.165) is 53.3 Å². The molecule has 0 saturated heterocycles. The number of amides is 3. The molecule has 180 valence electrons. The lowest BCUT2D eigenvalue weighted by Crippen LogP contribution is -2.52. The SMILES string of the molecule is Cc1cccc(CN(C(=O)CN2C(=O)c3cccc4cccc2c34)[C@H](C)C(=O)NC2CCCC2)c1. The van der Waals surface area contributed by atoms with E-state index in [1.807, 2.05) is 61.5 Å². The molecule has 0 bridgehead atoms. The molecule has 0 aromatic heterocycles. The van der Waals surface area contributed by atoms with E-state index in [1.54, 1.807) is 22.8 Å². The third-order valence-electron chi connectivity index (χ3n) is 7.25. The van der Waals surface area contributed by atoms with Crippen molar-refractivity contribution in [3.05, 3.63) is 77.4 Å². The summed E-state index contributed by atoms with van der Waals surface area (Å²) < 4.78 is 0. The Hall–Kier alpha value is -3.67. The molecular weight excluding hydrogens is 438 g/mol. The Kier molecular flexibility index (Phi) is 6.29. The highest BCUT2D eigenvalue weighted by Crippen LogP contribution is 2.37. The molecule has 6 heteroatoms. The van der Waals surface area contributed by atoms with Crippen molar-refractivity contribution in [2.75, 3.05) is 11.4 Å². The molecule has 5 rings (SSSR count). The van der Waals surface area contributed by atoms with Gasteiger partial charge in [-0.1, -0.05) is 66.9 Å². The number of hydrogen-bond acceptors (Lipinski definition) is 3. The number of carbonyl (C=O) groups excluding carboxylic acids is 3. The van der Waals surface area contributed by atoms with Crippen LogP contribution in [0.3, 0.4) is 0 Å². The molecule has 3 aromatic rings. The Bertz CT molecular complexity index is 1290. The number of nitrogens with one attached hydrogen (secondary N) is 1. The van der Waals surface area contributed by atoms with Gasteiger partial charge in [0.15, 0.2) is 0 Å². The summed E-state index contributed by atoms with van der Waals surface area (Å²) >= 11 is 0. The predicted octanol–water partition coefficient (Wildman–Crippen LogP) is 4.58. The van der Waals surface area contributed by atoms with E-state index in [-0.39, 0.29) is 30.3 Å². The zero-order valence-electron chi connectivity index (χ0n) is 20.3. The van der Waals surface area contributed by atoms with Crippen LogP contribution in [-0.2, 0) is 16.1 Å². The maximum absolute atomic E-state index is 13.7. The van der Waals surface area contributed by atoms with Crippen LogP contribution in [0.4, 0.5) is 5.69 Å². The first-order chi connectivity index (χ1) is 16.9. The summed E-state index contributed by atoms with van der Waals surface area (Å²) in [6.07, 6.45) is 4.20. The smallest absolute Gasteiger partial charge is 0.259 e. The molecule has 0 radical (unpaired) electrons. The number of hydrogen-bond donors (Lipinski definition) is 1. The molecule has 35 heavy (non-hydrogen) atoms. The van der Waals surface area contributed by atoms with Gasteiger partial charge >= 0.3 is 0 Å². The van der Waals surface area contributed by atoms with E-state index in [9.17, 15) is 14.4 Å². The van der Waals surface area contributed by atoms with Crippen LogP contribution in [-0.4, -0.2) is 41.2 Å². The van der Waals surface area contributed by atoms with Gasteiger partial charge in [-0.2, -0.15) is 0 Å². The summed E-state index contributed by atoms with van der Waals surface area (Å²) in [7, 11) is 0. The Labute approximate surface area is 205 Å². The van der Waals surface area contributed by atoms with Crippen molar-refractivity contribution in [3.8, 4) is 0 Å². The summed E-state index contributed by atoms with van der Waals surface area (Å²) in [4.78, 5) is 43.3. The lowest BCUT2D eigenvalue weighted by atomic mass is 10.1. The summed E-state index contributed by atoms with van der Waals surface area (Å²) in [5.41, 5.74) is 3.41. The minimum Gasteiger partial charge on any atom is -0.352 e. The standard InChI is InChI=1S/C29H31N3O3/c1-19-8-5-9-21(16-19)17-31(20(2)28(34)30-23-12-3-4-13-23)26(33)18-32-25-15-7-11-22-10-6-14-24(27(22)25)29(32)35/h5-11,14-16,20,23H,3-4,12-13,17-18H2,1-2H3,(H,30,34)/t20-/m1/s1. The first-order valence-corrected chi connectivity index (χ1v) is 12.4. The van der Waals surface area contributed by atoms with Gasteiger partial charge in [0, 0.05) is 23.5 Å². The van der Waals surface area contributed by atoms with Gasteiger partial charge in [-0.3, -0.25) is 19.3 Å². The van der Waals surface area contributed by atoms with Crippen LogP contribution < -0.4 is 10.2 Å². The van der Waals surface area contributed by atoms with Crippen molar-refractivity contribution in [2.24, 2.45) is 0 Å². The van der Waals surface area contributed by atoms with Crippen molar-refractivity contribution in [1.29, 1.82) is 0 Å². The molecule has 6 nitrogen and oxygen atoms in total. The molecule has 3 aromatic carbocycles. The normalized spacial score (nSPS) is 16.1. The number of benzene rings is 3. The number of rotatable bonds is 7. The van der Waals surface area contributed by atoms with E-state index in [0.29, 0.717) is 12.1 Å². The molecule has 1 fully saturated rings. The Morgan fingerprint density at radius 1 is 1.06 bits per heavy atom. The monoisotopic (exact) mass is 469 g/mol. The lowest BCUT2D eigenvalue weighted by molar-refractivity contribution is -0.139.